The highest BCUT2D eigenvalue weighted by Gasteiger charge is 2.24. The molecule has 2 aromatic rings. The van der Waals surface area contributed by atoms with Crippen LogP contribution in [0.3, 0.4) is 0 Å². The van der Waals surface area contributed by atoms with Crippen molar-refractivity contribution in [2.45, 2.75) is 6.92 Å². The molecule has 17 heavy (non-hydrogen) atoms. The monoisotopic (exact) mass is 246 g/mol. The molecule has 0 amide bonds. The molecule has 1 aliphatic heterocycles. The quantitative estimate of drug-likeness (QED) is 0.696. The van der Waals surface area contributed by atoms with Gasteiger partial charge in [0.15, 0.2) is 11.5 Å². The first kappa shape index (κ1) is 10.4. The number of aryl methyl sites for hydroxylation is 1. The van der Waals surface area contributed by atoms with Gasteiger partial charge in [0.1, 0.15) is 11.4 Å². The van der Waals surface area contributed by atoms with E-state index < -0.39 is 0 Å². The summed E-state index contributed by atoms with van der Waals surface area (Å²) >= 11 is 6.02. The van der Waals surface area contributed by atoms with E-state index in [0.717, 1.165) is 10.6 Å². The lowest BCUT2D eigenvalue weighted by Gasteiger charge is -2.26. The fourth-order valence-corrected chi connectivity index (χ4v) is 2.00. The average molecular weight is 247 g/mol. The summed E-state index contributed by atoms with van der Waals surface area (Å²) in [4.78, 5) is 0. The van der Waals surface area contributed by atoms with Gasteiger partial charge in [-0.05, 0) is 36.8 Å². The molecule has 4 heteroatoms. The van der Waals surface area contributed by atoms with Crippen LogP contribution in [0.1, 0.15) is 5.56 Å². The zero-order valence-corrected chi connectivity index (χ0v) is 9.86. The number of nitrogens with zero attached hydrogens (tertiary/aromatic N) is 1. The Morgan fingerprint density at radius 3 is 2.71 bits per heavy atom. The molecule has 1 heterocycles. The Morgan fingerprint density at radius 2 is 1.88 bits per heavy atom. The second-order valence-electron chi connectivity index (χ2n) is 3.93. The minimum Gasteiger partial charge on any atom is -0.453 e. The van der Waals surface area contributed by atoms with Gasteiger partial charge in [0.05, 0.1) is 0 Å². The minimum absolute atomic E-state index is 0.444. The lowest BCUT2D eigenvalue weighted by Crippen LogP contribution is -2.14. The van der Waals surface area contributed by atoms with Crippen LogP contribution in [-0.4, -0.2) is 0 Å². The molecule has 2 aromatic carbocycles. The van der Waals surface area contributed by atoms with Crippen LogP contribution in [0.4, 0.5) is 11.4 Å². The highest BCUT2D eigenvalue weighted by atomic mass is 35.5. The van der Waals surface area contributed by atoms with Crippen LogP contribution in [-0.2, 0) is 5.21 Å². The first-order valence-corrected chi connectivity index (χ1v) is 5.59. The molecule has 0 bridgehead atoms. The van der Waals surface area contributed by atoms with Crippen molar-refractivity contribution >= 4 is 23.0 Å². The van der Waals surface area contributed by atoms with Crippen molar-refractivity contribution in [3.63, 3.8) is 0 Å². The fourth-order valence-electron chi connectivity index (χ4n) is 1.84. The van der Waals surface area contributed by atoms with E-state index in [1.165, 1.54) is 0 Å². The van der Waals surface area contributed by atoms with E-state index in [2.05, 4.69) is 0 Å². The standard InChI is InChI=1S/C13H9ClNO2/c1-8-6-13-11(7-9(8)14)15(16)10-4-2-3-5-12(10)17-13/h2-7H,1H3. The van der Waals surface area contributed by atoms with E-state index >= 15 is 0 Å². The van der Waals surface area contributed by atoms with Crippen molar-refractivity contribution in [1.29, 1.82) is 0 Å². The van der Waals surface area contributed by atoms with E-state index in [0.29, 0.717) is 27.9 Å². The van der Waals surface area contributed by atoms with Crippen molar-refractivity contribution in [2.75, 3.05) is 5.06 Å². The molecular weight excluding hydrogens is 238 g/mol. The van der Waals surface area contributed by atoms with Crippen LogP contribution in [0.5, 0.6) is 11.5 Å². The van der Waals surface area contributed by atoms with Gasteiger partial charge in [-0.15, -0.1) is 0 Å². The molecule has 0 aromatic heterocycles. The first-order valence-electron chi connectivity index (χ1n) is 5.21. The van der Waals surface area contributed by atoms with Crippen molar-refractivity contribution < 1.29 is 9.94 Å². The van der Waals surface area contributed by atoms with Crippen molar-refractivity contribution in [3.05, 3.63) is 47.0 Å². The Morgan fingerprint density at radius 1 is 1.12 bits per heavy atom. The Balaban J connectivity index is 2.20. The maximum atomic E-state index is 12.1. The molecule has 0 spiro atoms. The molecule has 0 unspecified atom stereocenters. The van der Waals surface area contributed by atoms with Crippen molar-refractivity contribution in [2.24, 2.45) is 0 Å². The van der Waals surface area contributed by atoms with Crippen molar-refractivity contribution in [1.82, 2.24) is 0 Å². The molecule has 3 nitrogen and oxygen atoms in total. The Kier molecular flexibility index (Phi) is 2.24. The SMILES string of the molecule is Cc1cc2c(cc1Cl)N([O])c1ccccc1O2. The van der Waals surface area contributed by atoms with Gasteiger partial charge in [0.25, 0.3) is 0 Å². The van der Waals surface area contributed by atoms with Crippen LogP contribution in [0.2, 0.25) is 5.02 Å². The number of ether oxygens (including phenoxy) is 1. The minimum atomic E-state index is 0.444. The third-order valence-corrected chi connectivity index (χ3v) is 3.17. The maximum absolute atomic E-state index is 12.1. The van der Waals surface area contributed by atoms with Gasteiger partial charge in [0.2, 0.25) is 0 Å². The van der Waals surface area contributed by atoms with Gasteiger partial charge in [-0.25, -0.2) is 0 Å². The fraction of sp³-hybridized carbons (Fsp3) is 0.0769. The first-order chi connectivity index (χ1) is 8.16. The molecule has 0 fully saturated rings. The Hall–Kier alpha value is -1.71. The summed E-state index contributed by atoms with van der Waals surface area (Å²) in [6.45, 7) is 1.88. The van der Waals surface area contributed by atoms with Crippen LogP contribution in [0, 0.1) is 6.92 Å². The number of para-hydroxylation sites is 2. The highest BCUT2D eigenvalue weighted by Crippen LogP contribution is 2.47. The van der Waals surface area contributed by atoms with Crippen molar-refractivity contribution in [3.8, 4) is 11.5 Å². The normalized spacial score (nSPS) is 12.8. The second-order valence-corrected chi connectivity index (χ2v) is 4.34. The van der Waals surface area contributed by atoms with E-state index in [1.807, 2.05) is 13.0 Å². The van der Waals surface area contributed by atoms with Crippen LogP contribution < -0.4 is 9.80 Å². The molecular formula is C13H9ClNO2. The molecule has 1 aliphatic rings. The molecule has 0 atom stereocenters. The third-order valence-electron chi connectivity index (χ3n) is 2.76. The van der Waals surface area contributed by atoms with Crippen LogP contribution >= 0.6 is 11.6 Å². The topological polar surface area (TPSA) is 32.4 Å². The van der Waals surface area contributed by atoms with Gasteiger partial charge in [-0.1, -0.05) is 28.9 Å². The summed E-state index contributed by atoms with van der Waals surface area (Å²) in [5.74, 6) is 1.11. The molecule has 0 N–H and O–H groups in total. The summed E-state index contributed by atoms with van der Waals surface area (Å²) in [6.07, 6.45) is 0. The molecule has 0 saturated heterocycles. The van der Waals surface area contributed by atoms with Gasteiger partial charge < -0.3 is 4.74 Å². The molecule has 85 valence electrons. The Bertz CT molecular complexity index is 598. The lowest BCUT2D eigenvalue weighted by molar-refractivity contribution is 0.188. The summed E-state index contributed by atoms with van der Waals surface area (Å²) in [6, 6.07) is 10.5. The number of hydrogen-bond acceptors (Lipinski definition) is 2. The maximum Gasteiger partial charge on any atom is 0.154 e. The molecule has 0 saturated carbocycles. The van der Waals surface area contributed by atoms with E-state index in [-0.39, 0.29) is 0 Å². The smallest absolute Gasteiger partial charge is 0.154 e. The third kappa shape index (κ3) is 1.55. The number of halogens is 1. The van der Waals surface area contributed by atoms with Gasteiger partial charge in [-0.3, -0.25) is 0 Å². The molecule has 0 aliphatic carbocycles. The van der Waals surface area contributed by atoms with E-state index in [9.17, 15) is 5.21 Å². The number of fused-ring (bicyclic) bond motifs is 2. The zero-order valence-electron chi connectivity index (χ0n) is 9.11. The van der Waals surface area contributed by atoms with Crippen LogP contribution in [0.25, 0.3) is 0 Å². The summed E-state index contributed by atoms with van der Waals surface area (Å²) in [5, 5.41) is 13.6. The van der Waals surface area contributed by atoms with Gasteiger partial charge in [-0.2, -0.15) is 5.06 Å². The van der Waals surface area contributed by atoms with E-state index in [1.54, 1.807) is 30.3 Å². The predicted molar refractivity (Wildman–Crippen MR) is 65.5 cm³/mol. The summed E-state index contributed by atoms with van der Waals surface area (Å²) in [7, 11) is 0. The molecule has 1 radical (unpaired) electrons. The molecule has 3 rings (SSSR count). The number of benzene rings is 2. The predicted octanol–water partition coefficient (Wildman–Crippen LogP) is 4.24. The number of hydrogen-bond donors (Lipinski definition) is 0. The lowest BCUT2D eigenvalue weighted by atomic mass is 10.1. The number of rotatable bonds is 0. The highest BCUT2D eigenvalue weighted by molar-refractivity contribution is 6.31. The summed E-state index contributed by atoms with van der Waals surface area (Å²) in [5.41, 5.74) is 1.83. The largest absolute Gasteiger partial charge is 0.453 e. The second kappa shape index (κ2) is 3.65. The van der Waals surface area contributed by atoms with Gasteiger partial charge >= 0.3 is 0 Å². The Labute approximate surface area is 104 Å². The summed E-state index contributed by atoms with van der Waals surface area (Å²) < 4.78 is 5.68. The number of anilines is 2. The van der Waals surface area contributed by atoms with E-state index in [4.69, 9.17) is 16.3 Å². The van der Waals surface area contributed by atoms with Gasteiger partial charge in [0, 0.05) is 5.02 Å². The average Bonchev–Trinajstić information content (AvgIpc) is 2.32. The zero-order chi connectivity index (χ0) is 12.0. The van der Waals surface area contributed by atoms with Crippen LogP contribution in [0.15, 0.2) is 36.4 Å².